The molecule has 6 heteroatoms. The molecular weight excluding hydrogens is 313 g/mol. The van der Waals surface area contributed by atoms with E-state index in [1.165, 1.54) is 0 Å². The Hall–Kier alpha value is -1.91. The van der Waals surface area contributed by atoms with Crippen molar-refractivity contribution in [3.63, 3.8) is 0 Å². The number of carbonyl (C=O) groups is 1. The Morgan fingerprint density at radius 2 is 1.76 bits per heavy atom. The van der Waals surface area contributed by atoms with Gasteiger partial charge in [-0.2, -0.15) is 0 Å². The van der Waals surface area contributed by atoms with Crippen molar-refractivity contribution < 1.29 is 14.3 Å². The summed E-state index contributed by atoms with van der Waals surface area (Å²) in [5, 5.41) is 3.59. The second kappa shape index (κ2) is 5.84. The lowest BCUT2D eigenvalue weighted by Gasteiger charge is -2.19. The molecular formula is C15H11Cl2NO3. The smallest absolute Gasteiger partial charge is 0.257 e. The Morgan fingerprint density at radius 3 is 2.48 bits per heavy atom. The number of amides is 1. The minimum Gasteiger partial charge on any atom is -0.486 e. The number of benzene rings is 2. The number of nitrogens with one attached hydrogen (secondary N) is 1. The standard InChI is InChI=1S/C15H11Cl2NO3/c16-9-2-1-3-10(6-9)18-15(19)11-7-13-14(8-12(11)17)21-5-4-20-13/h1-3,6-8H,4-5H2,(H,18,19). The summed E-state index contributed by atoms with van der Waals surface area (Å²) in [6.07, 6.45) is 0. The van der Waals surface area contributed by atoms with E-state index in [-0.39, 0.29) is 5.91 Å². The van der Waals surface area contributed by atoms with Crippen LogP contribution in [0.2, 0.25) is 10.0 Å². The van der Waals surface area contributed by atoms with Crippen LogP contribution in [-0.4, -0.2) is 19.1 Å². The fraction of sp³-hybridized carbons (Fsp3) is 0.133. The molecule has 0 atom stereocenters. The summed E-state index contributed by atoms with van der Waals surface area (Å²) in [5.74, 6) is 0.728. The van der Waals surface area contributed by atoms with Crippen molar-refractivity contribution in [3.05, 3.63) is 52.0 Å². The first-order chi connectivity index (χ1) is 10.1. The van der Waals surface area contributed by atoms with Gasteiger partial charge in [0.15, 0.2) is 11.5 Å². The van der Waals surface area contributed by atoms with E-state index in [4.69, 9.17) is 32.7 Å². The molecule has 3 rings (SSSR count). The zero-order valence-electron chi connectivity index (χ0n) is 10.9. The Morgan fingerprint density at radius 1 is 1.05 bits per heavy atom. The maximum absolute atomic E-state index is 12.3. The molecule has 4 nitrogen and oxygen atoms in total. The number of halogens is 2. The average molecular weight is 324 g/mol. The molecule has 0 saturated carbocycles. The van der Waals surface area contributed by atoms with Gasteiger partial charge in [0.25, 0.3) is 5.91 Å². The first-order valence-corrected chi connectivity index (χ1v) is 7.05. The Balaban J connectivity index is 1.87. The number of carbonyl (C=O) groups excluding carboxylic acids is 1. The van der Waals surface area contributed by atoms with Gasteiger partial charge in [-0.25, -0.2) is 0 Å². The molecule has 1 heterocycles. The van der Waals surface area contributed by atoms with Crippen molar-refractivity contribution in [2.45, 2.75) is 0 Å². The van der Waals surface area contributed by atoms with Crippen LogP contribution in [0.3, 0.4) is 0 Å². The second-order valence-corrected chi connectivity index (χ2v) is 5.28. The van der Waals surface area contributed by atoms with Crippen molar-refractivity contribution in [2.75, 3.05) is 18.5 Å². The van der Waals surface area contributed by atoms with E-state index in [9.17, 15) is 4.79 Å². The van der Waals surface area contributed by atoms with Crippen LogP contribution in [0.1, 0.15) is 10.4 Å². The van der Waals surface area contributed by atoms with Crippen molar-refractivity contribution >= 4 is 34.8 Å². The van der Waals surface area contributed by atoms with Crippen LogP contribution in [0, 0.1) is 0 Å². The highest BCUT2D eigenvalue weighted by atomic mass is 35.5. The summed E-state index contributed by atoms with van der Waals surface area (Å²) in [6.45, 7) is 0.918. The van der Waals surface area contributed by atoms with Crippen LogP contribution in [-0.2, 0) is 0 Å². The lowest BCUT2D eigenvalue weighted by Crippen LogP contribution is -2.17. The van der Waals surface area contributed by atoms with Crippen LogP contribution in [0.5, 0.6) is 11.5 Å². The zero-order chi connectivity index (χ0) is 14.8. The van der Waals surface area contributed by atoms with Crippen LogP contribution in [0.25, 0.3) is 0 Å². The largest absolute Gasteiger partial charge is 0.486 e. The predicted octanol–water partition coefficient (Wildman–Crippen LogP) is 4.02. The van der Waals surface area contributed by atoms with Gasteiger partial charge in [0, 0.05) is 16.8 Å². The third kappa shape index (κ3) is 3.06. The first-order valence-electron chi connectivity index (χ1n) is 6.29. The van der Waals surface area contributed by atoms with Gasteiger partial charge >= 0.3 is 0 Å². The van der Waals surface area contributed by atoms with Crippen molar-refractivity contribution in [2.24, 2.45) is 0 Å². The molecule has 1 aliphatic heterocycles. The molecule has 0 unspecified atom stereocenters. The first kappa shape index (κ1) is 14.0. The summed E-state index contributed by atoms with van der Waals surface area (Å²) < 4.78 is 10.9. The molecule has 2 aromatic carbocycles. The van der Waals surface area contributed by atoms with E-state index in [0.717, 1.165) is 0 Å². The van der Waals surface area contributed by atoms with E-state index >= 15 is 0 Å². The van der Waals surface area contributed by atoms with Gasteiger partial charge in [-0.1, -0.05) is 29.3 Å². The van der Waals surface area contributed by atoms with E-state index in [1.807, 2.05) is 0 Å². The summed E-state index contributed by atoms with van der Waals surface area (Å²) in [7, 11) is 0. The number of ether oxygens (including phenoxy) is 2. The summed E-state index contributed by atoms with van der Waals surface area (Å²) >= 11 is 12.0. The lowest BCUT2D eigenvalue weighted by atomic mass is 10.1. The van der Waals surface area contributed by atoms with Gasteiger partial charge in [0.1, 0.15) is 13.2 Å². The Bertz CT molecular complexity index is 703. The number of anilines is 1. The normalized spacial score (nSPS) is 12.9. The molecule has 0 radical (unpaired) electrons. The van der Waals surface area contributed by atoms with Gasteiger partial charge in [-0.15, -0.1) is 0 Å². The summed E-state index contributed by atoms with van der Waals surface area (Å²) in [4.78, 5) is 12.3. The van der Waals surface area contributed by atoms with E-state index < -0.39 is 0 Å². The predicted molar refractivity (Wildman–Crippen MR) is 81.8 cm³/mol. The summed E-state index contributed by atoms with van der Waals surface area (Å²) in [5.41, 5.74) is 0.916. The van der Waals surface area contributed by atoms with E-state index in [2.05, 4.69) is 5.32 Å². The molecule has 1 aliphatic rings. The highest BCUT2D eigenvalue weighted by Crippen LogP contribution is 2.35. The molecule has 1 N–H and O–H groups in total. The quantitative estimate of drug-likeness (QED) is 0.908. The topological polar surface area (TPSA) is 47.6 Å². The molecule has 2 aromatic rings. The molecule has 0 spiro atoms. The van der Waals surface area contributed by atoms with Crippen LogP contribution >= 0.6 is 23.2 Å². The average Bonchev–Trinajstić information content (AvgIpc) is 2.46. The number of hydrogen-bond donors (Lipinski definition) is 1. The number of rotatable bonds is 2. The molecule has 21 heavy (non-hydrogen) atoms. The highest BCUT2D eigenvalue weighted by molar-refractivity contribution is 6.34. The van der Waals surface area contributed by atoms with Crippen LogP contribution in [0.15, 0.2) is 36.4 Å². The van der Waals surface area contributed by atoms with Crippen LogP contribution in [0.4, 0.5) is 5.69 Å². The van der Waals surface area contributed by atoms with Crippen molar-refractivity contribution in [3.8, 4) is 11.5 Å². The minimum absolute atomic E-state index is 0.304. The highest BCUT2D eigenvalue weighted by Gasteiger charge is 2.19. The molecule has 0 aliphatic carbocycles. The molecule has 0 aromatic heterocycles. The van der Waals surface area contributed by atoms with Crippen molar-refractivity contribution in [1.29, 1.82) is 0 Å². The number of hydrogen-bond acceptors (Lipinski definition) is 3. The lowest BCUT2D eigenvalue weighted by molar-refractivity contribution is 0.102. The minimum atomic E-state index is -0.334. The van der Waals surface area contributed by atoms with Gasteiger partial charge < -0.3 is 14.8 Å². The monoisotopic (exact) mass is 323 g/mol. The van der Waals surface area contributed by atoms with Gasteiger partial charge in [-0.3, -0.25) is 4.79 Å². The van der Waals surface area contributed by atoms with E-state index in [0.29, 0.717) is 46.0 Å². The maximum Gasteiger partial charge on any atom is 0.257 e. The third-order valence-electron chi connectivity index (χ3n) is 2.96. The van der Waals surface area contributed by atoms with Gasteiger partial charge in [0.05, 0.1) is 10.6 Å². The molecule has 0 saturated heterocycles. The third-order valence-corrected chi connectivity index (χ3v) is 3.51. The fourth-order valence-corrected chi connectivity index (χ4v) is 2.43. The summed E-state index contributed by atoms with van der Waals surface area (Å²) in [6, 6.07) is 10.1. The zero-order valence-corrected chi connectivity index (χ0v) is 12.4. The SMILES string of the molecule is O=C(Nc1cccc(Cl)c1)c1cc2c(cc1Cl)OCCO2. The molecule has 0 fully saturated rings. The molecule has 1 amide bonds. The fourth-order valence-electron chi connectivity index (χ4n) is 2.00. The van der Waals surface area contributed by atoms with Gasteiger partial charge in [-0.05, 0) is 24.3 Å². The van der Waals surface area contributed by atoms with Crippen molar-refractivity contribution in [1.82, 2.24) is 0 Å². The molecule has 108 valence electrons. The van der Waals surface area contributed by atoms with E-state index in [1.54, 1.807) is 36.4 Å². The van der Waals surface area contributed by atoms with Crippen LogP contribution < -0.4 is 14.8 Å². The molecule has 0 bridgehead atoms. The Kier molecular flexibility index (Phi) is 3.90. The maximum atomic E-state index is 12.3. The number of fused-ring (bicyclic) bond motifs is 1. The second-order valence-electron chi connectivity index (χ2n) is 4.44. The Labute approximate surface area is 131 Å². The van der Waals surface area contributed by atoms with Gasteiger partial charge in [0.2, 0.25) is 0 Å².